The van der Waals surface area contributed by atoms with Gasteiger partial charge in [-0.1, -0.05) is 43.0 Å². The van der Waals surface area contributed by atoms with Crippen LogP contribution in [-0.4, -0.2) is 46.1 Å². The number of imide groups is 2. The first kappa shape index (κ1) is 19.6. The molecule has 0 radical (unpaired) electrons. The van der Waals surface area contributed by atoms with Crippen LogP contribution >= 0.6 is 23.2 Å². The average Bonchev–Trinajstić information content (AvgIpc) is 2.82. The van der Waals surface area contributed by atoms with Gasteiger partial charge in [0.05, 0.1) is 10.7 Å². The van der Waals surface area contributed by atoms with E-state index in [1.54, 1.807) is 6.07 Å². The van der Waals surface area contributed by atoms with Crippen molar-refractivity contribution in [3.05, 3.63) is 28.2 Å². The van der Waals surface area contributed by atoms with Crippen molar-refractivity contribution in [2.75, 3.05) is 11.9 Å². The molecule has 1 aromatic carbocycles. The zero-order chi connectivity index (χ0) is 19.7. The molecular weight excluding hydrogens is 393 g/mol. The van der Waals surface area contributed by atoms with E-state index in [-0.39, 0.29) is 22.7 Å². The Morgan fingerprint density at radius 2 is 1.85 bits per heavy atom. The first-order valence-corrected chi connectivity index (χ1v) is 9.49. The Morgan fingerprint density at radius 1 is 1.15 bits per heavy atom. The van der Waals surface area contributed by atoms with Crippen molar-refractivity contribution in [3.8, 4) is 0 Å². The first-order valence-electron chi connectivity index (χ1n) is 8.73. The SMILES string of the molecule is C[C@H]1CCCC[C@@H]1N1C(=O)C(=O)N(CC(=O)Nc2cc(Cl)ccc2Cl)C1=O. The summed E-state index contributed by atoms with van der Waals surface area (Å²) in [6.45, 7) is 1.40. The molecule has 0 bridgehead atoms. The summed E-state index contributed by atoms with van der Waals surface area (Å²) in [5, 5.41) is 3.14. The third-order valence-corrected chi connectivity index (χ3v) is 5.55. The van der Waals surface area contributed by atoms with Crippen molar-refractivity contribution >= 4 is 52.6 Å². The highest BCUT2D eigenvalue weighted by Crippen LogP contribution is 2.31. The van der Waals surface area contributed by atoms with Gasteiger partial charge in [0.25, 0.3) is 0 Å². The molecule has 1 aliphatic carbocycles. The lowest BCUT2D eigenvalue weighted by Crippen LogP contribution is -2.46. The quantitative estimate of drug-likeness (QED) is 0.607. The normalized spacial score (nSPS) is 23.1. The summed E-state index contributed by atoms with van der Waals surface area (Å²) in [4.78, 5) is 51.3. The van der Waals surface area contributed by atoms with Gasteiger partial charge in [-0.05, 0) is 37.0 Å². The third kappa shape index (κ3) is 3.94. The Balaban J connectivity index is 1.72. The number of urea groups is 1. The summed E-state index contributed by atoms with van der Waals surface area (Å²) in [5.41, 5.74) is 0.261. The number of nitrogens with zero attached hydrogens (tertiary/aromatic N) is 2. The summed E-state index contributed by atoms with van der Waals surface area (Å²) in [6, 6.07) is 3.49. The maximum atomic E-state index is 12.7. The van der Waals surface area contributed by atoms with Crippen LogP contribution in [0.2, 0.25) is 10.0 Å². The Kier molecular flexibility index (Phi) is 5.72. The zero-order valence-electron chi connectivity index (χ0n) is 14.7. The van der Waals surface area contributed by atoms with E-state index < -0.39 is 30.3 Å². The maximum Gasteiger partial charge on any atom is 0.334 e. The minimum Gasteiger partial charge on any atom is -0.323 e. The monoisotopic (exact) mass is 411 g/mol. The van der Waals surface area contributed by atoms with E-state index >= 15 is 0 Å². The molecule has 0 aromatic heterocycles. The summed E-state index contributed by atoms with van der Waals surface area (Å²) >= 11 is 11.9. The van der Waals surface area contributed by atoms with E-state index in [1.165, 1.54) is 12.1 Å². The molecular formula is C18H19Cl2N3O4. The second-order valence-electron chi connectivity index (χ2n) is 6.85. The average molecular weight is 412 g/mol. The molecule has 144 valence electrons. The Labute approximate surface area is 166 Å². The number of rotatable bonds is 4. The number of amides is 5. The Hall–Kier alpha value is -2.12. The number of hydrogen-bond acceptors (Lipinski definition) is 4. The lowest BCUT2D eigenvalue weighted by atomic mass is 9.85. The molecule has 1 N–H and O–H groups in total. The molecule has 7 nitrogen and oxygen atoms in total. The van der Waals surface area contributed by atoms with Crippen molar-refractivity contribution in [1.29, 1.82) is 0 Å². The van der Waals surface area contributed by atoms with Crippen molar-refractivity contribution in [2.45, 2.75) is 38.6 Å². The van der Waals surface area contributed by atoms with E-state index in [0.717, 1.165) is 24.2 Å². The molecule has 1 saturated carbocycles. The van der Waals surface area contributed by atoms with Crippen LogP contribution in [0.4, 0.5) is 10.5 Å². The summed E-state index contributed by atoms with van der Waals surface area (Å²) in [6.07, 6.45) is 3.50. The van der Waals surface area contributed by atoms with Gasteiger partial charge in [-0.3, -0.25) is 19.3 Å². The number of nitrogens with one attached hydrogen (secondary N) is 1. The molecule has 2 atom stereocenters. The molecule has 0 spiro atoms. The second kappa shape index (κ2) is 7.86. The standard InChI is InChI=1S/C18H19Cl2N3O4/c1-10-4-2-3-5-14(10)23-17(26)16(25)22(18(23)27)9-15(24)21-13-8-11(19)6-7-12(13)20/h6-8,10,14H,2-5,9H2,1H3,(H,21,24)/t10-,14-/m0/s1. The molecule has 0 unspecified atom stereocenters. The molecule has 2 aliphatic rings. The minimum atomic E-state index is -0.981. The van der Waals surface area contributed by atoms with Crippen LogP contribution in [0.3, 0.4) is 0 Å². The summed E-state index contributed by atoms with van der Waals surface area (Å²) in [5.74, 6) is -2.37. The highest BCUT2D eigenvalue weighted by atomic mass is 35.5. The second-order valence-corrected chi connectivity index (χ2v) is 7.69. The van der Waals surface area contributed by atoms with Gasteiger partial charge in [0, 0.05) is 11.1 Å². The lowest BCUT2D eigenvalue weighted by Gasteiger charge is -2.34. The van der Waals surface area contributed by atoms with E-state index in [2.05, 4.69) is 5.32 Å². The van der Waals surface area contributed by atoms with E-state index in [0.29, 0.717) is 16.3 Å². The molecule has 1 aromatic rings. The number of halogens is 2. The van der Waals surface area contributed by atoms with Crippen LogP contribution in [0.5, 0.6) is 0 Å². The number of carbonyl (C=O) groups is 4. The lowest BCUT2D eigenvalue weighted by molar-refractivity contribution is -0.145. The number of benzene rings is 1. The molecule has 5 amide bonds. The first-order chi connectivity index (χ1) is 12.8. The van der Waals surface area contributed by atoms with Gasteiger partial charge in [0.2, 0.25) is 5.91 Å². The van der Waals surface area contributed by atoms with E-state index in [9.17, 15) is 19.2 Å². The van der Waals surface area contributed by atoms with Gasteiger partial charge >= 0.3 is 17.8 Å². The van der Waals surface area contributed by atoms with Crippen molar-refractivity contribution < 1.29 is 19.2 Å². The van der Waals surface area contributed by atoms with Gasteiger partial charge in [-0.25, -0.2) is 9.69 Å². The van der Waals surface area contributed by atoms with Crippen molar-refractivity contribution in [3.63, 3.8) is 0 Å². The fourth-order valence-corrected chi connectivity index (χ4v) is 3.90. The van der Waals surface area contributed by atoms with E-state index in [4.69, 9.17) is 23.2 Å². The Morgan fingerprint density at radius 3 is 2.56 bits per heavy atom. The van der Waals surface area contributed by atoms with Gasteiger partial charge < -0.3 is 5.32 Å². The molecule has 1 heterocycles. The molecule has 1 aliphatic heterocycles. The maximum absolute atomic E-state index is 12.7. The molecule has 9 heteroatoms. The van der Waals surface area contributed by atoms with Gasteiger partial charge in [0.15, 0.2) is 0 Å². The predicted molar refractivity (Wildman–Crippen MR) is 100 cm³/mol. The number of hydrogen-bond donors (Lipinski definition) is 1. The fourth-order valence-electron chi connectivity index (χ4n) is 3.56. The van der Waals surface area contributed by atoms with Crippen LogP contribution in [0.15, 0.2) is 18.2 Å². The fraction of sp³-hybridized carbons (Fsp3) is 0.444. The van der Waals surface area contributed by atoms with Gasteiger partial charge in [0.1, 0.15) is 6.54 Å². The summed E-state index contributed by atoms with van der Waals surface area (Å²) < 4.78 is 0. The zero-order valence-corrected chi connectivity index (χ0v) is 16.2. The van der Waals surface area contributed by atoms with Gasteiger partial charge in [-0.15, -0.1) is 0 Å². The third-order valence-electron chi connectivity index (χ3n) is 4.99. The van der Waals surface area contributed by atoms with Crippen LogP contribution in [0.25, 0.3) is 0 Å². The van der Waals surface area contributed by atoms with Crippen LogP contribution in [0.1, 0.15) is 32.6 Å². The van der Waals surface area contributed by atoms with Gasteiger partial charge in [-0.2, -0.15) is 0 Å². The van der Waals surface area contributed by atoms with Crippen LogP contribution < -0.4 is 5.32 Å². The number of carbonyl (C=O) groups excluding carboxylic acids is 4. The van der Waals surface area contributed by atoms with Crippen molar-refractivity contribution in [1.82, 2.24) is 9.80 Å². The van der Waals surface area contributed by atoms with E-state index in [1.807, 2.05) is 6.92 Å². The largest absolute Gasteiger partial charge is 0.334 e. The molecule has 2 fully saturated rings. The van der Waals surface area contributed by atoms with Crippen LogP contribution in [-0.2, 0) is 14.4 Å². The minimum absolute atomic E-state index is 0.124. The Bertz CT molecular complexity index is 814. The van der Waals surface area contributed by atoms with Crippen LogP contribution in [0, 0.1) is 5.92 Å². The summed E-state index contributed by atoms with van der Waals surface area (Å²) in [7, 11) is 0. The predicted octanol–water partition coefficient (Wildman–Crippen LogP) is 3.30. The van der Waals surface area contributed by atoms with Crippen molar-refractivity contribution in [2.24, 2.45) is 5.92 Å². The topological polar surface area (TPSA) is 86.8 Å². The highest BCUT2D eigenvalue weighted by Gasteiger charge is 2.49. The number of anilines is 1. The molecule has 27 heavy (non-hydrogen) atoms. The molecule has 3 rings (SSSR count). The highest BCUT2D eigenvalue weighted by molar-refractivity contribution is 6.45. The molecule has 1 saturated heterocycles. The smallest absolute Gasteiger partial charge is 0.323 e.